The minimum absolute atomic E-state index is 0.162. The molecule has 0 spiro atoms. The lowest BCUT2D eigenvalue weighted by molar-refractivity contribution is -0.129. The lowest BCUT2D eigenvalue weighted by Crippen LogP contribution is -2.35. The fraction of sp³-hybridized carbons (Fsp3) is 0.211. The maximum atomic E-state index is 10.9. The Balaban J connectivity index is 1.07. The third-order valence-corrected chi connectivity index (χ3v) is 8.74. The van der Waals surface area contributed by atoms with E-state index in [0.29, 0.717) is 26.1 Å². The number of aliphatic carboxylic acids is 1. The summed E-state index contributed by atoms with van der Waals surface area (Å²) in [7, 11) is 0. The predicted octanol–water partition coefficient (Wildman–Crippen LogP) is 7.05. The topological polar surface area (TPSA) is 129 Å². The van der Waals surface area contributed by atoms with Crippen LogP contribution in [0.5, 0.6) is 11.5 Å². The number of fused-ring (bicyclic) bond motifs is 2. The second kappa shape index (κ2) is 13.8. The molecule has 10 heteroatoms. The van der Waals surface area contributed by atoms with Crippen LogP contribution in [0.15, 0.2) is 115 Å². The summed E-state index contributed by atoms with van der Waals surface area (Å²) in [5.74, 6) is 0.346. The first-order valence-electron chi connectivity index (χ1n) is 15.8. The van der Waals surface area contributed by atoms with Crippen molar-refractivity contribution >= 4 is 34.3 Å². The second-order valence-electron chi connectivity index (χ2n) is 11.8. The van der Waals surface area contributed by atoms with E-state index in [9.17, 15) is 4.79 Å². The van der Waals surface area contributed by atoms with Crippen molar-refractivity contribution < 1.29 is 24.2 Å². The average Bonchev–Trinajstić information content (AvgIpc) is 3.13. The van der Waals surface area contributed by atoms with Gasteiger partial charge in [-0.05, 0) is 85.3 Å². The molecule has 1 N–H and O–H groups in total. The van der Waals surface area contributed by atoms with Gasteiger partial charge in [0.15, 0.2) is 6.21 Å². The monoisotopic (exact) mass is 639 g/mol. The molecule has 4 aromatic carbocycles. The summed E-state index contributed by atoms with van der Waals surface area (Å²) < 4.78 is 12.2. The van der Waals surface area contributed by atoms with Crippen molar-refractivity contribution in [3.63, 3.8) is 0 Å². The maximum absolute atomic E-state index is 10.9. The summed E-state index contributed by atoms with van der Waals surface area (Å²) in [6, 6.07) is 32.0. The normalized spacial score (nSPS) is 14.7. The lowest BCUT2D eigenvalue weighted by Gasteiger charge is -2.40. The molecule has 0 amide bonds. The summed E-state index contributed by atoms with van der Waals surface area (Å²) in [4.78, 5) is 34.7. The Morgan fingerprint density at radius 2 is 1.17 bits per heavy atom. The Morgan fingerprint density at radius 1 is 0.708 bits per heavy atom. The van der Waals surface area contributed by atoms with E-state index in [1.165, 1.54) is 0 Å². The predicted molar refractivity (Wildman–Crippen MR) is 181 cm³/mol. The molecule has 2 heterocycles. The second-order valence-corrected chi connectivity index (χ2v) is 11.8. The van der Waals surface area contributed by atoms with Crippen molar-refractivity contribution in [2.75, 3.05) is 0 Å². The minimum atomic E-state index is -1.13. The molecule has 0 saturated heterocycles. The van der Waals surface area contributed by atoms with Crippen LogP contribution in [0, 0.1) is 0 Å². The van der Waals surface area contributed by atoms with E-state index in [1.807, 2.05) is 72.8 Å². The average molecular weight is 640 g/mol. The third-order valence-electron chi connectivity index (χ3n) is 8.74. The Hall–Kier alpha value is -5.90. The summed E-state index contributed by atoms with van der Waals surface area (Å²) in [6.07, 6.45) is 7.13. The molecule has 2 aromatic heterocycles. The first-order valence-corrected chi connectivity index (χ1v) is 15.8. The smallest absolute Gasteiger partial charge is 0.350 e. The Morgan fingerprint density at radius 3 is 1.62 bits per heavy atom. The fourth-order valence-corrected chi connectivity index (χ4v) is 6.28. The van der Waals surface area contributed by atoms with Gasteiger partial charge in [-0.2, -0.15) is 0 Å². The zero-order chi connectivity index (χ0) is 32.8. The van der Waals surface area contributed by atoms with Gasteiger partial charge in [0.25, 0.3) is 0 Å². The standard InChI is InChI=1S/C38H33N5O5/c44-37(45)23-41-48-32-17-19-38(20-18-32,26-9-13-30(14-10-26)46-24-28-21-39-33-5-1-3-7-35(33)42-28)27-11-15-31(16-12-27)47-25-29-22-40-34-6-2-4-8-36(34)43-29/h1-16,21-23,32H,17-20,24-25H2,(H,44,45). The van der Waals surface area contributed by atoms with Crippen LogP contribution in [0.3, 0.4) is 0 Å². The zero-order valence-electron chi connectivity index (χ0n) is 26.1. The Labute approximate surface area is 277 Å². The van der Waals surface area contributed by atoms with Crippen molar-refractivity contribution in [2.45, 2.75) is 50.4 Å². The molecule has 10 nitrogen and oxygen atoms in total. The largest absolute Gasteiger partial charge is 0.487 e. The Bertz CT molecular complexity index is 1930. The van der Waals surface area contributed by atoms with Gasteiger partial charge in [0.1, 0.15) is 30.8 Å². The highest BCUT2D eigenvalue weighted by Gasteiger charge is 2.39. The van der Waals surface area contributed by atoms with E-state index in [2.05, 4.69) is 49.4 Å². The summed E-state index contributed by atoms with van der Waals surface area (Å²) in [6.45, 7) is 0.620. The van der Waals surface area contributed by atoms with Gasteiger partial charge in [-0.15, -0.1) is 0 Å². The van der Waals surface area contributed by atoms with E-state index in [-0.39, 0.29) is 11.5 Å². The number of ether oxygens (including phenoxy) is 2. The van der Waals surface area contributed by atoms with E-state index in [1.54, 1.807) is 12.4 Å². The molecule has 48 heavy (non-hydrogen) atoms. The summed E-state index contributed by atoms with van der Waals surface area (Å²) in [5.41, 5.74) is 6.92. The summed E-state index contributed by atoms with van der Waals surface area (Å²) >= 11 is 0. The first kappa shape index (κ1) is 30.7. The highest BCUT2D eigenvalue weighted by Crippen LogP contribution is 2.46. The first-order chi connectivity index (χ1) is 23.5. The lowest BCUT2D eigenvalue weighted by atomic mass is 9.65. The van der Waals surface area contributed by atoms with Crippen LogP contribution in [0.1, 0.15) is 48.2 Å². The third kappa shape index (κ3) is 6.92. The molecule has 1 aliphatic rings. The van der Waals surface area contributed by atoms with E-state index in [0.717, 1.165) is 75.1 Å². The molecular formula is C38H33N5O5. The van der Waals surface area contributed by atoms with Crippen LogP contribution in [0.2, 0.25) is 0 Å². The van der Waals surface area contributed by atoms with Crippen LogP contribution in [0.25, 0.3) is 22.1 Å². The van der Waals surface area contributed by atoms with Gasteiger partial charge in [0, 0.05) is 5.41 Å². The highest BCUT2D eigenvalue weighted by atomic mass is 16.6. The van der Waals surface area contributed by atoms with Gasteiger partial charge in [-0.3, -0.25) is 9.97 Å². The molecule has 240 valence electrons. The van der Waals surface area contributed by atoms with Crippen molar-refractivity contribution in [2.24, 2.45) is 5.16 Å². The number of rotatable bonds is 11. The number of benzene rings is 4. The van der Waals surface area contributed by atoms with Gasteiger partial charge in [0.05, 0.1) is 45.8 Å². The fourth-order valence-electron chi connectivity index (χ4n) is 6.28. The number of hydrogen-bond acceptors (Lipinski definition) is 9. The molecule has 0 radical (unpaired) electrons. The number of nitrogens with zero attached hydrogens (tertiary/aromatic N) is 5. The Kier molecular flexibility index (Phi) is 8.86. The van der Waals surface area contributed by atoms with Gasteiger partial charge in [-0.1, -0.05) is 53.7 Å². The maximum Gasteiger partial charge on any atom is 0.350 e. The summed E-state index contributed by atoms with van der Waals surface area (Å²) in [5, 5.41) is 12.6. The van der Waals surface area contributed by atoms with Gasteiger partial charge in [0.2, 0.25) is 0 Å². The van der Waals surface area contributed by atoms with Crippen LogP contribution in [-0.4, -0.2) is 43.3 Å². The van der Waals surface area contributed by atoms with Crippen molar-refractivity contribution in [3.05, 3.63) is 132 Å². The van der Waals surface area contributed by atoms with Crippen LogP contribution in [0.4, 0.5) is 0 Å². The molecule has 1 aliphatic carbocycles. The number of para-hydroxylation sites is 4. The van der Waals surface area contributed by atoms with Crippen molar-refractivity contribution in [3.8, 4) is 11.5 Å². The molecule has 6 aromatic rings. The number of hydrogen-bond donors (Lipinski definition) is 1. The minimum Gasteiger partial charge on any atom is -0.487 e. The van der Waals surface area contributed by atoms with Crippen molar-refractivity contribution in [1.29, 1.82) is 0 Å². The van der Waals surface area contributed by atoms with Crippen LogP contribution >= 0.6 is 0 Å². The number of carboxylic acid groups (broad SMARTS) is 1. The van der Waals surface area contributed by atoms with Crippen LogP contribution in [-0.2, 0) is 28.3 Å². The van der Waals surface area contributed by atoms with E-state index in [4.69, 9.17) is 19.4 Å². The quantitative estimate of drug-likeness (QED) is 0.117. The molecule has 0 bridgehead atoms. The molecule has 1 fully saturated rings. The molecule has 0 aliphatic heterocycles. The SMILES string of the molecule is O=C(O)C=NOC1CCC(c2ccc(OCc3cnc4ccccc4n3)cc2)(c2ccc(OCc3cnc4ccccc4n3)cc2)CC1. The van der Waals surface area contributed by atoms with Gasteiger partial charge in [-0.25, -0.2) is 14.8 Å². The van der Waals surface area contributed by atoms with Crippen molar-refractivity contribution in [1.82, 2.24) is 19.9 Å². The van der Waals surface area contributed by atoms with E-state index >= 15 is 0 Å². The number of carboxylic acids is 1. The molecule has 1 saturated carbocycles. The molecule has 7 rings (SSSR count). The molecule has 0 unspecified atom stereocenters. The molecular weight excluding hydrogens is 606 g/mol. The number of carbonyl (C=O) groups is 1. The molecule has 0 atom stereocenters. The van der Waals surface area contributed by atoms with E-state index < -0.39 is 5.97 Å². The van der Waals surface area contributed by atoms with Gasteiger partial charge < -0.3 is 19.4 Å². The number of aromatic nitrogens is 4. The van der Waals surface area contributed by atoms with Crippen LogP contribution < -0.4 is 9.47 Å². The number of oxime groups is 1. The zero-order valence-corrected chi connectivity index (χ0v) is 26.1. The highest BCUT2D eigenvalue weighted by molar-refractivity contribution is 6.21. The van der Waals surface area contributed by atoms with Gasteiger partial charge >= 0.3 is 5.97 Å².